The fourth-order valence-electron chi connectivity index (χ4n) is 2.21. The van der Waals surface area contributed by atoms with Gasteiger partial charge in [-0.2, -0.15) is 0 Å². The van der Waals surface area contributed by atoms with E-state index in [9.17, 15) is 9.59 Å². The molecule has 3 aromatic rings. The van der Waals surface area contributed by atoms with Crippen LogP contribution in [-0.4, -0.2) is 16.8 Å². The summed E-state index contributed by atoms with van der Waals surface area (Å²) in [5.41, 5.74) is 8.27. The molecule has 0 saturated carbocycles. The highest BCUT2D eigenvalue weighted by Gasteiger charge is 2.09. The van der Waals surface area contributed by atoms with Crippen LogP contribution in [0.25, 0.3) is 0 Å². The minimum atomic E-state index is -0.293. The molecule has 0 fully saturated rings. The molecule has 0 unspecified atom stereocenters. The van der Waals surface area contributed by atoms with Gasteiger partial charge in [0.05, 0.1) is 17.6 Å². The average Bonchev–Trinajstić information content (AvgIpc) is 2.65. The molecular weight excluding hydrogens is 316 g/mol. The van der Waals surface area contributed by atoms with Crippen LogP contribution < -0.4 is 16.4 Å². The first kappa shape index (κ1) is 16.2. The minimum absolute atomic E-state index is 0.206. The van der Waals surface area contributed by atoms with Gasteiger partial charge in [-0.1, -0.05) is 18.2 Å². The van der Waals surface area contributed by atoms with Crippen molar-refractivity contribution in [1.82, 2.24) is 4.98 Å². The number of rotatable bonds is 4. The molecule has 0 aliphatic rings. The van der Waals surface area contributed by atoms with Crippen LogP contribution in [0.15, 0.2) is 73.1 Å². The van der Waals surface area contributed by atoms with E-state index >= 15 is 0 Å². The van der Waals surface area contributed by atoms with Crippen molar-refractivity contribution in [3.05, 3.63) is 84.2 Å². The van der Waals surface area contributed by atoms with Gasteiger partial charge >= 0.3 is 0 Å². The van der Waals surface area contributed by atoms with E-state index < -0.39 is 0 Å². The van der Waals surface area contributed by atoms with E-state index in [4.69, 9.17) is 5.73 Å². The van der Waals surface area contributed by atoms with Gasteiger partial charge in [0, 0.05) is 23.0 Å². The normalized spacial score (nSPS) is 10.1. The van der Waals surface area contributed by atoms with Gasteiger partial charge in [0.25, 0.3) is 11.8 Å². The molecule has 3 rings (SSSR count). The maximum absolute atomic E-state index is 12.2. The molecule has 25 heavy (non-hydrogen) atoms. The van der Waals surface area contributed by atoms with E-state index in [2.05, 4.69) is 15.6 Å². The molecule has 0 bridgehead atoms. The van der Waals surface area contributed by atoms with Crippen molar-refractivity contribution in [1.29, 1.82) is 0 Å². The van der Waals surface area contributed by atoms with Crippen LogP contribution in [0.2, 0.25) is 0 Å². The molecule has 0 aliphatic carbocycles. The minimum Gasteiger partial charge on any atom is -0.396 e. The van der Waals surface area contributed by atoms with Gasteiger partial charge in [-0.05, 0) is 42.5 Å². The lowest BCUT2D eigenvalue weighted by Crippen LogP contribution is -2.14. The van der Waals surface area contributed by atoms with Crippen LogP contribution in [-0.2, 0) is 0 Å². The SMILES string of the molecule is Nc1cnccc1NC(=O)c1ccc(NC(=O)c2ccccc2)cc1. The third-order valence-corrected chi connectivity index (χ3v) is 3.54. The van der Waals surface area contributed by atoms with Crippen LogP contribution in [0.5, 0.6) is 0 Å². The Balaban J connectivity index is 1.67. The third-order valence-electron chi connectivity index (χ3n) is 3.54. The van der Waals surface area contributed by atoms with Gasteiger partial charge in [-0.15, -0.1) is 0 Å². The number of aromatic nitrogens is 1. The van der Waals surface area contributed by atoms with Crippen LogP contribution in [0, 0.1) is 0 Å². The summed E-state index contributed by atoms with van der Waals surface area (Å²) in [4.78, 5) is 28.2. The zero-order valence-electron chi connectivity index (χ0n) is 13.3. The number of nitrogens with zero attached hydrogens (tertiary/aromatic N) is 1. The maximum atomic E-state index is 12.2. The molecule has 6 nitrogen and oxygen atoms in total. The first-order valence-electron chi connectivity index (χ1n) is 7.61. The van der Waals surface area contributed by atoms with Gasteiger partial charge in [-0.25, -0.2) is 0 Å². The molecule has 4 N–H and O–H groups in total. The molecule has 124 valence electrons. The Morgan fingerprint density at radius 1 is 0.800 bits per heavy atom. The zero-order chi connectivity index (χ0) is 17.6. The van der Waals surface area contributed by atoms with Crippen molar-refractivity contribution in [3.8, 4) is 0 Å². The number of amides is 2. The Morgan fingerprint density at radius 3 is 2.12 bits per heavy atom. The van der Waals surface area contributed by atoms with Gasteiger partial charge < -0.3 is 16.4 Å². The second-order valence-corrected chi connectivity index (χ2v) is 5.31. The second-order valence-electron chi connectivity index (χ2n) is 5.31. The number of pyridine rings is 1. The summed E-state index contributed by atoms with van der Waals surface area (Å²) in [6.07, 6.45) is 3.02. The maximum Gasteiger partial charge on any atom is 0.255 e. The van der Waals surface area contributed by atoms with E-state index in [0.717, 1.165) is 0 Å². The van der Waals surface area contributed by atoms with Crippen LogP contribution >= 0.6 is 0 Å². The Hall–Kier alpha value is -3.67. The predicted octanol–water partition coefficient (Wildman–Crippen LogP) is 3.17. The third kappa shape index (κ3) is 4.00. The number of nitrogens with two attached hydrogens (primary N) is 1. The van der Waals surface area contributed by atoms with E-state index in [0.29, 0.717) is 28.2 Å². The van der Waals surface area contributed by atoms with Gasteiger partial charge in [-0.3, -0.25) is 14.6 Å². The smallest absolute Gasteiger partial charge is 0.255 e. The van der Waals surface area contributed by atoms with Crippen LogP contribution in [0.4, 0.5) is 17.1 Å². The molecule has 0 saturated heterocycles. The topological polar surface area (TPSA) is 97.1 Å². The summed E-state index contributed by atoms with van der Waals surface area (Å²) in [6.45, 7) is 0. The van der Waals surface area contributed by atoms with Gasteiger partial charge in [0.1, 0.15) is 0 Å². The van der Waals surface area contributed by atoms with Crippen LogP contribution in [0.3, 0.4) is 0 Å². The molecule has 0 spiro atoms. The number of nitrogens with one attached hydrogen (secondary N) is 2. The summed E-state index contributed by atoms with van der Waals surface area (Å²) < 4.78 is 0. The zero-order valence-corrected chi connectivity index (χ0v) is 13.3. The predicted molar refractivity (Wildman–Crippen MR) is 97.4 cm³/mol. The number of anilines is 3. The highest BCUT2D eigenvalue weighted by atomic mass is 16.2. The fraction of sp³-hybridized carbons (Fsp3) is 0. The molecule has 1 heterocycles. The Morgan fingerprint density at radius 2 is 1.44 bits per heavy atom. The summed E-state index contributed by atoms with van der Waals surface area (Å²) in [7, 11) is 0. The first-order valence-corrected chi connectivity index (χ1v) is 7.61. The summed E-state index contributed by atoms with van der Waals surface area (Å²) >= 11 is 0. The largest absolute Gasteiger partial charge is 0.396 e. The van der Waals surface area contributed by atoms with Crippen molar-refractivity contribution in [2.75, 3.05) is 16.4 Å². The fourth-order valence-corrected chi connectivity index (χ4v) is 2.21. The number of benzene rings is 2. The molecule has 2 amide bonds. The van der Waals surface area contributed by atoms with Crippen molar-refractivity contribution in [3.63, 3.8) is 0 Å². The highest BCUT2D eigenvalue weighted by Crippen LogP contribution is 2.17. The van der Waals surface area contributed by atoms with Crippen molar-refractivity contribution in [2.24, 2.45) is 0 Å². The Bertz CT molecular complexity index is 893. The van der Waals surface area contributed by atoms with Gasteiger partial charge in [0.15, 0.2) is 0 Å². The van der Waals surface area contributed by atoms with E-state index in [1.165, 1.54) is 6.20 Å². The molecule has 0 atom stereocenters. The highest BCUT2D eigenvalue weighted by molar-refractivity contribution is 6.07. The van der Waals surface area contributed by atoms with Crippen molar-refractivity contribution >= 4 is 28.9 Å². The lowest BCUT2D eigenvalue weighted by molar-refractivity contribution is 0.102. The lowest BCUT2D eigenvalue weighted by atomic mass is 10.1. The number of carbonyl (C=O) groups is 2. The quantitative estimate of drug-likeness (QED) is 0.683. The van der Waals surface area contributed by atoms with E-state index in [1.54, 1.807) is 60.8 Å². The first-order chi connectivity index (χ1) is 12.1. The summed E-state index contributed by atoms with van der Waals surface area (Å²) in [6, 6.07) is 17.1. The molecule has 1 aromatic heterocycles. The standard InChI is InChI=1S/C19H16N4O2/c20-16-12-21-11-10-17(16)23-19(25)14-6-8-15(9-7-14)22-18(24)13-4-2-1-3-5-13/h1-12H,20H2,(H,22,24)(H,21,23,25). The number of hydrogen-bond donors (Lipinski definition) is 3. The van der Waals surface area contributed by atoms with Crippen molar-refractivity contribution < 1.29 is 9.59 Å². The number of carbonyl (C=O) groups excluding carboxylic acids is 2. The van der Waals surface area contributed by atoms with E-state index in [1.807, 2.05) is 6.07 Å². The summed E-state index contributed by atoms with van der Waals surface area (Å²) in [5, 5.41) is 5.51. The summed E-state index contributed by atoms with van der Waals surface area (Å²) in [5.74, 6) is -0.499. The van der Waals surface area contributed by atoms with Crippen LogP contribution in [0.1, 0.15) is 20.7 Å². The lowest BCUT2D eigenvalue weighted by Gasteiger charge is -2.09. The molecule has 2 aromatic carbocycles. The Kier molecular flexibility index (Phi) is 4.71. The van der Waals surface area contributed by atoms with Gasteiger partial charge in [0.2, 0.25) is 0 Å². The average molecular weight is 332 g/mol. The van der Waals surface area contributed by atoms with Crippen molar-refractivity contribution in [2.45, 2.75) is 0 Å². The molecule has 0 radical (unpaired) electrons. The number of nitrogen functional groups attached to an aromatic ring is 1. The van der Waals surface area contributed by atoms with E-state index in [-0.39, 0.29) is 11.8 Å². The molecule has 6 heteroatoms. The molecule has 0 aliphatic heterocycles. The number of hydrogen-bond acceptors (Lipinski definition) is 4. The monoisotopic (exact) mass is 332 g/mol. The second kappa shape index (κ2) is 7.27. The Labute approximate surface area is 144 Å². The molecular formula is C19H16N4O2.